The van der Waals surface area contributed by atoms with Crippen LogP contribution in [0.1, 0.15) is 38.3 Å². The maximum atomic E-state index is 12.4. The van der Waals surface area contributed by atoms with Gasteiger partial charge in [0.1, 0.15) is 6.54 Å². The van der Waals surface area contributed by atoms with Gasteiger partial charge >= 0.3 is 5.97 Å². The van der Waals surface area contributed by atoms with E-state index in [-0.39, 0.29) is 24.9 Å². The Bertz CT molecular complexity index is 724. The smallest absolute Gasteiger partial charge is 0.323 e. The van der Waals surface area contributed by atoms with Crippen LogP contribution < -0.4 is 0 Å². The number of hydrogen-bond acceptors (Lipinski definition) is 4. The van der Waals surface area contributed by atoms with Crippen LogP contribution in [0.4, 0.5) is 0 Å². The van der Waals surface area contributed by atoms with Gasteiger partial charge in [-0.15, -0.1) is 0 Å². The van der Waals surface area contributed by atoms with Crippen molar-refractivity contribution >= 4 is 11.9 Å². The maximum absolute atomic E-state index is 12.4. The molecule has 6 nitrogen and oxygen atoms in total. The summed E-state index contributed by atoms with van der Waals surface area (Å²) in [4.78, 5) is 29.2. The number of carboxylic acids is 1. The third kappa shape index (κ3) is 4.92. The molecule has 1 N–H and O–H groups in total. The predicted molar refractivity (Wildman–Crippen MR) is 94.1 cm³/mol. The third-order valence-corrected chi connectivity index (χ3v) is 4.18. The second-order valence-electron chi connectivity index (χ2n) is 6.06. The van der Waals surface area contributed by atoms with Gasteiger partial charge in [0.2, 0.25) is 5.91 Å². The average molecular weight is 344 g/mol. The van der Waals surface area contributed by atoms with E-state index in [1.807, 2.05) is 51.1 Å². The van der Waals surface area contributed by atoms with Crippen LogP contribution in [0.5, 0.6) is 0 Å². The molecule has 1 aromatic heterocycles. The Morgan fingerprint density at radius 1 is 1.28 bits per heavy atom. The van der Waals surface area contributed by atoms with Gasteiger partial charge in [0, 0.05) is 24.4 Å². The SMILES string of the molecule is CCC(C)N(CC(=O)O)C(=O)CCc1nc(C)c(-c2ccccc2)o1. The highest BCUT2D eigenvalue weighted by molar-refractivity contribution is 5.81. The van der Waals surface area contributed by atoms with Crippen LogP contribution in [-0.2, 0) is 16.0 Å². The van der Waals surface area contributed by atoms with E-state index in [0.29, 0.717) is 24.5 Å². The minimum atomic E-state index is -1.01. The fraction of sp³-hybridized carbons (Fsp3) is 0.421. The van der Waals surface area contributed by atoms with Crippen molar-refractivity contribution in [1.29, 1.82) is 0 Å². The molecule has 0 fully saturated rings. The number of aryl methyl sites for hydroxylation is 2. The fourth-order valence-corrected chi connectivity index (χ4v) is 2.63. The highest BCUT2D eigenvalue weighted by Crippen LogP contribution is 2.24. The number of nitrogens with zero attached hydrogens (tertiary/aromatic N) is 2. The summed E-state index contributed by atoms with van der Waals surface area (Å²) in [5.41, 5.74) is 1.72. The molecule has 1 aromatic carbocycles. The summed E-state index contributed by atoms with van der Waals surface area (Å²) in [7, 11) is 0. The third-order valence-electron chi connectivity index (χ3n) is 4.18. The molecule has 1 amide bonds. The van der Waals surface area contributed by atoms with Crippen LogP contribution in [0.2, 0.25) is 0 Å². The molecule has 0 spiro atoms. The molecule has 0 radical (unpaired) electrons. The normalized spacial score (nSPS) is 12.0. The van der Waals surface area contributed by atoms with E-state index in [1.54, 1.807) is 0 Å². The molecular formula is C19H24N2O4. The monoisotopic (exact) mass is 344 g/mol. The lowest BCUT2D eigenvalue weighted by Gasteiger charge is -2.26. The summed E-state index contributed by atoms with van der Waals surface area (Å²) in [6, 6.07) is 9.56. The van der Waals surface area contributed by atoms with Crippen molar-refractivity contribution in [3.05, 3.63) is 41.9 Å². The lowest BCUT2D eigenvalue weighted by Crippen LogP contribution is -2.41. The molecule has 0 aliphatic carbocycles. The molecule has 1 atom stereocenters. The number of aromatic nitrogens is 1. The van der Waals surface area contributed by atoms with Crippen LogP contribution in [0.15, 0.2) is 34.7 Å². The zero-order chi connectivity index (χ0) is 18.4. The first-order valence-electron chi connectivity index (χ1n) is 8.45. The van der Waals surface area contributed by atoms with Gasteiger partial charge in [-0.3, -0.25) is 9.59 Å². The van der Waals surface area contributed by atoms with Crippen LogP contribution in [0, 0.1) is 6.92 Å². The topological polar surface area (TPSA) is 83.6 Å². The number of rotatable bonds is 8. The molecule has 0 aliphatic rings. The molecule has 25 heavy (non-hydrogen) atoms. The molecule has 2 rings (SSSR count). The number of carbonyl (C=O) groups excluding carboxylic acids is 1. The van der Waals surface area contributed by atoms with Crippen LogP contribution in [0.3, 0.4) is 0 Å². The predicted octanol–water partition coefficient (Wildman–Crippen LogP) is 3.29. The van der Waals surface area contributed by atoms with Crippen LogP contribution in [-0.4, -0.2) is 39.5 Å². The summed E-state index contributed by atoms with van der Waals surface area (Å²) in [5.74, 6) is -0.0163. The number of oxazole rings is 1. The van der Waals surface area contributed by atoms with E-state index in [2.05, 4.69) is 4.98 Å². The lowest BCUT2D eigenvalue weighted by molar-refractivity contribution is -0.146. The van der Waals surface area contributed by atoms with E-state index in [1.165, 1.54) is 4.90 Å². The van der Waals surface area contributed by atoms with Gasteiger partial charge < -0.3 is 14.4 Å². The van der Waals surface area contributed by atoms with Crippen molar-refractivity contribution in [3.63, 3.8) is 0 Å². The number of aliphatic carboxylic acids is 1. The first kappa shape index (κ1) is 18.7. The molecular weight excluding hydrogens is 320 g/mol. The molecule has 1 unspecified atom stereocenters. The fourth-order valence-electron chi connectivity index (χ4n) is 2.63. The quantitative estimate of drug-likeness (QED) is 0.794. The Morgan fingerprint density at radius 3 is 2.56 bits per heavy atom. The molecule has 1 heterocycles. The van der Waals surface area contributed by atoms with Gasteiger partial charge in [-0.05, 0) is 20.3 Å². The molecule has 0 saturated carbocycles. The highest BCUT2D eigenvalue weighted by Gasteiger charge is 2.22. The van der Waals surface area contributed by atoms with Gasteiger partial charge in [-0.2, -0.15) is 0 Å². The summed E-state index contributed by atoms with van der Waals surface area (Å²) in [5, 5.41) is 9.00. The maximum Gasteiger partial charge on any atom is 0.323 e. The van der Waals surface area contributed by atoms with Gasteiger partial charge in [0.25, 0.3) is 0 Å². The van der Waals surface area contributed by atoms with Crippen molar-refractivity contribution in [3.8, 4) is 11.3 Å². The highest BCUT2D eigenvalue weighted by atomic mass is 16.4. The summed E-state index contributed by atoms with van der Waals surface area (Å²) >= 11 is 0. The molecule has 134 valence electrons. The largest absolute Gasteiger partial charge is 0.480 e. The molecule has 0 saturated heterocycles. The number of hydrogen-bond donors (Lipinski definition) is 1. The minimum absolute atomic E-state index is 0.116. The average Bonchev–Trinajstić information content (AvgIpc) is 2.98. The second-order valence-corrected chi connectivity index (χ2v) is 6.06. The van der Waals surface area contributed by atoms with Gasteiger partial charge in [0.05, 0.1) is 5.69 Å². The summed E-state index contributed by atoms with van der Waals surface area (Å²) < 4.78 is 5.80. The minimum Gasteiger partial charge on any atom is -0.480 e. The Kier molecular flexibility index (Phi) is 6.33. The Labute approximate surface area is 147 Å². The first-order chi connectivity index (χ1) is 11.9. The molecule has 0 aliphatic heterocycles. The van der Waals surface area contributed by atoms with Gasteiger partial charge in [-0.1, -0.05) is 37.3 Å². The van der Waals surface area contributed by atoms with Crippen molar-refractivity contribution < 1.29 is 19.1 Å². The Balaban J connectivity index is 2.05. The number of carbonyl (C=O) groups is 2. The molecule has 6 heteroatoms. The number of benzene rings is 1. The second kappa shape index (κ2) is 8.46. The Hall–Kier alpha value is -2.63. The number of carboxylic acid groups (broad SMARTS) is 1. The molecule has 2 aromatic rings. The van der Waals surface area contributed by atoms with Gasteiger partial charge in [0.15, 0.2) is 11.7 Å². The van der Waals surface area contributed by atoms with Crippen molar-refractivity contribution in [2.45, 2.75) is 46.1 Å². The standard InChI is InChI=1S/C19H24N2O4/c1-4-13(2)21(12-18(23)24)17(22)11-10-16-20-14(3)19(25-16)15-8-6-5-7-9-15/h5-9,13H,4,10-12H2,1-3H3,(H,23,24). The van der Waals surface area contributed by atoms with Crippen molar-refractivity contribution in [2.24, 2.45) is 0 Å². The molecule has 0 bridgehead atoms. The lowest BCUT2D eigenvalue weighted by atomic mass is 10.1. The van der Waals surface area contributed by atoms with Crippen LogP contribution in [0.25, 0.3) is 11.3 Å². The van der Waals surface area contributed by atoms with Crippen molar-refractivity contribution in [2.75, 3.05) is 6.54 Å². The first-order valence-corrected chi connectivity index (χ1v) is 8.45. The van der Waals surface area contributed by atoms with E-state index >= 15 is 0 Å². The van der Waals surface area contributed by atoms with E-state index in [9.17, 15) is 9.59 Å². The number of amides is 1. The summed E-state index contributed by atoms with van der Waals surface area (Å²) in [6.45, 7) is 5.36. The van der Waals surface area contributed by atoms with Crippen molar-refractivity contribution in [1.82, 2.24) is 9.88 Å². The zero-order valence-electron chi connectivity index (χ0n) is 14.9. The summed E-state index contributed by atoms with van der Waals surface area (Å²) in [6.07, 6.45) is 1.22. The van der Waals surface area contributed by atoms with E-state index in [0.717, 1.165) is 11.3 Å². The van der Waals surface area contributed by atoms with E-state index < -0.39 is 5.97 Å². The van der Waals surface area contributed by atoms with Gasteiger partial charge in [-0.25, -0.2) is 4.98 Å². The van der Waals surface area contributed by atoms with Crippen LogP contribution >= 0.6 is 0 Å². The Morgan fingerprint density at radius 2 is 1.96 bits per heavy atom. The van der Waals surface area contributed by atoms with E-state index in [4.69, 9.17) is 9.52 Å². The zero-order valence-corrected chi connectivity index (χ0v) is 14.9.